The topological polar surface area (TPSA) is 63.1 Å². The maximum atomic E-state index is 12.9. The molecule has 2 aromatic carbocycles. The second-order valence-electron chi connectivity index (χ2n) is 6.26. The Morgan fingerprint density at radius 2 is 1.89 bits per heavy atom. The van der Waals surface area contributed by atoms with E-state index in [1.54, 1.807) is 23.6 Å². The molecule has 0 saturated heterocycles. The highest BCUT2D eigenvalue weighted by Crippen LogP contribution is 2.22. The summed E-state index contributed by atoms with van der Waals surface area (Å²) in [6.45, 7) is 2.12. The van der Waals surface area contributed by atoms with Gasteiger partial charge in [-0.25, -0.2) is 0 Å². The predicted octanol–water partition coefficient (Wildman–Crippen LogP) is 3.84. The Hall–Kier alpha value is -2.93. The lowest BCUT2D eigenvalue weighted by Crippen LogP contribution is -2.32. The number of methoxy groups -OCH3 is 1. The average molecular weight is 382 g/mol. The Morgan fingerprint density at radius 3 is 2.52 bits per heavy atom. The number of rotatable bonds is 6. The molecule has 7 heteroatoms. The van der Waals surface area contributed by atoms with E-state index in [0.717, 1.165) is 16.9 Å². The molecule has 140 valence electrons. The molecule has 1 amide bonds. The van der Waals surface area contributed by atoms with Gasteiger partial charge in [0.25, 0.3) is 0 Å². The van der Waals surface area contributed by atoms with Gasteiger partial charge in [-0.3, -0.25) is 14.5 Å². The van der Waals surface area contributed by atoms with Crippen molar-refractivity contribution < 1.29 is 9.53 Å². The van der Waals surface area contributed by atoms with Crippen molar-refractivity contribution in [3.63, 3.8) is 0 Å². The van der Waals surface area contributed by atoms with Crippen molar-refractivity contribution in [3.05, 3.63) is 64.9 Å². The SMILES string of the molecule is COc1ccc(-c2n[nH]c(=S)n2CC(=O)N(C)[C@H](C)c2ccccc2)cc1. The summed E-state index contributed by atoms with van der Waals surface area (Å²) in [6, 6.07) is 17.4. The largest absolute Gasteiger partial charge is 0.497 e. The fourth-order valence-electron chi connectivity index (χ4n) is 2.84. The number of carbonyl (C=O) groups is 1. The maximum absolute atomic E-state index is 12.9. The van der Waals surface area contributed by atoms with E-state index in [4.69, 9.17) is 17.0 Å². The van der Waals surface area contributed by atoms with E-state index >= 15 is 0 Å². The van der Waals surface area contributed by atoms with Crippen molar-refractivity contribution in [1.29, 1.82) is 0 Å². The van der Waals surface area contributed by atoms with Crippen molar-refractivity contribution in [3.8, 4) is 17.1 Å². The molecule has 0 saturated carbocycles. The van der Waals surface area contributed by atoms with E-state index in [1.807, 2.05) is 61.5 Å². The molecule has 0 bridgehead atoms. The Labute approximate surface area is 163 Å². The standard InChI is InChI=1S/C20H22N4O2S/c1-14(15-7-5-4-6-8-15)23(2)18(25)13-24-19(21-22-20(24)27)16-9-11-17(26-3)12-10-16/h4-12,14H,13H2,1-3H3,(H,22,27)/t14-/m1/s1. The van der Waals surface area contributed by atoms with Crippen molar-refractivity contribution in [2.75, 3.05) is 14.2 Å². The van der Waals surface area contributed by atoms with Crippen LogP contribution in [0.5, 0.6) is 5.75 Å². The van der Waals surface area contributed by atoms with Gasteiger partial charge in [0.2, 0.25) is 5.91 Å². The van der Waals surface area contributed by atoms with Gasteiger partial charge in [-0.2, -0.15) is 5.10 Å². The van der Waals surface area contributed by atoms with E-state index in [9.17, 15) is 4.79 Å². The summed E-state index contributed by atoms with van der Waals surface area (Å²) in [6.07, 6.45) is 0. The van der Waals surface area contributed by atoms with Gasteiger partial charge in [-0.15, -0.1) is 0 Å². The predicted molar refractivity (Wildman–Crippen MR) is 107 cm³/mol. The summed E-state index contributed by atoms with van der Waals surface area (Å²) in [7, 11) is 3.42. The number of benzene rings is 2. The zero-order valence-electron chi connectivity index (χ0n) is 15.5. The number of aromatic nitrogens is 3. The number of ether oxygens (including phenoxy) is 1. The molecular weight excluding hydrogens is 360 g/mol. The van der Waals surface area contributed by atoms with Crippen molar-refractivity contribution in [1.82, 2.24) is 19.7 Å². The van der Waals surface area contributed by atoms with Crippen LogP contribution in [-0.2, 0) is 11.3 Å². The second kappa shape index (κ2) is 8.18. The van der Waals surface area contributed by atoms with Gasteiger partial charge < -0.3 is 9.64 Å². The van der Waals surface area contributed by atoms with Gasteiger partial charge in [-0.05, 0) is 49.0 Å². The van der Waals surface area contributed by atoms with Crippen LogP contribution in [0.3, 0.4) is 0 Å². The lowest BCUT2D eigenvalue weighted by Gasteiger charge is -2.25. The van der Waals surface area contributed by atoms with Gasteiger partial charge in [0.1, 0.15) is 12.3 Å². The molecule has 1 atom stereocenters. The van der Waals surface area contributed by atoms with E-state index in [0.29, 0.717) is 10.6 Å². The fourth-order valence-corrected chi connectivity index (χ4v) is 3.04. The van der Waals surface area contributed by atoms with E-state index < -0.39 is 0 Å². The van der Waals surface area contributed by atoms with Crippen LogP contribution in [0.4, 0.5) is 0 Å². The first-order valence-corrected chi connectivity index (χ1v) is 9.02. The first-order valence-electron chi connectivity index (χ1n) is 8.61. The molecule has 3 rings (SSSR count). The third-order valence-corrected chi connectivity index (χ3v) is 4.97. The molecule has 0 radical (unpaired) electrons. The molecule has 0 fully saturated rings. The smallest absolute Gasteiger partial charge is 0.242 e. The lowest BCUT2D eigenvalue weighted by molar-refractivity contribution is -0.132. The zero-order valence-corrected chi connectivity index (χ0v) is 16.4. The van der Waals surface area contributed by atoms with Gasteiger partial charge in [0.15, 0.2) is 10.6 Å². The van der Waals surface area contributed by atoms with Crippen LogP contribution in [0.2, 0.25) is 0 Å². The number of H-pyrrole nitrogens is 1. The summed E-state index contributed by atoms with van der Waals surface area (Å²) in [5.41, 5.74) is 1.94. The van der Waals surface area contributed by atoms with Crippen molar-refractivity contribution >= 4 is 18.1 Å². The summed E-state index contributed by atoms with van der Waals surface area (Å²) < 4.78 is 7.32. The van der Waals surface area contributed by atoms with Crippen LogP contribution in [0.15, 0.2) is 54.6 Å². The molecule has 0 aliphatic heterocycles. The minimum atomic E-state index is -0.0429. The zero-order chi connectivity index (χ0) is 19.4. The molecule has 0 aliphatic rings. The number of aromatic amines is 1. The average Bonchev–Trinajstić information content (AvgIpc) is 3.07. The van der Waals surface area contributed by atoms with Gasteiger partial charge in [0.05, 0.1) is 13.2 Å². The van der Waals surface area contributed by atoms with Crippen molar-refractivity contribution in [2.45, 2.75) is 19.5 Å². The van der Waals surface area contributed by atoms with Gasteiger partial charge >= 0.3 is 0 Å². The number of nitrogens with zero attached hydrogens (tertiary/aromatic N) is 3. The first-order chi connectivity index (χ1) is 13.0. The van der Waals surface area contributed by atoms with Crippen LogP contribution in [-0.4, -0.2) is 39.7 Å². The molecule has 0 aliphatic carbocycles. The van der Waals surface area contributed by atoms with Crippen LogP contribution >= 0.6 is 12.2 Å². The number of amides is 1. The molecule has 0 unspecified atom stereocenters. The van der Waals surface area contributed by atoms with Crippen LogP contribution in [0.25, 0.3) is 11.4 Å². The minimum absolute atomic E-state index is 0.0378. The lowest BCUT2D eigenvalue weighted by atomic mass is 10.1. The van der Waals surface area contributed by atoms with Crippen LogP contribution in [0, 0.1) is 4.77 Å². The van der Waals surface area contributed by atoms with E-state index in [1.165, 1.54) is 0 Å². The number of hydrogen-bond acceptors (Lipinski definition) is 4. The Bertz CT molecular complexity index is 964. The van der Waals surface area contributed by atoms with Crippen LogP contribution in [0.1, 0.15) is 18.5 Å². The van der Waals surface area contributed by atoms with Crippen LogP contribution < -0.4 is 4.74 Å². The first kappa shape index (κ1) is 18.8. The summed E-state index contributed by atoms with van der Waals surface area (Å²) in [5.74, 6) is 1.34. The number of hydrogen-bond donors (Lipinski definition) is 1. The fraction of sp³-hybridized carbons (Fsp3) is 0.250. The highest BCUT2D eigenvalue weighted by molar-refractivity contribution is 7.71. The molecule has 6 nitrogen and oxygen atoms in total. The second-order valence-corrected chi connectivity index (χ2v) is 6.65. The molecule has 1 heterocycles. The highest BCUT2D eigenvalue weighted by atomic mass is 32.1. The highest BCUT2D eigenvalue weighted by Gasteiger charge is 2.20. The Balaban J connectivity index is 1.82. The van der Waals surface area contributed by atoms with Crippen molar-refractivity contribution in [2.24, 2.45) is 0 Å². The Morgan fingerprint density at radius 1 is 1.22 bits per heavy atom. The maximum Gasteiger partial charge on any atom is 0.242 e. The van der Waals surface area contributed by atoms with Gasteiger partial charge in [0, 0.05) is 12.6 Å². The van der Waals surface area contributed by atoms with E-state index in [2.05, 4.69) is 10.2 Å². The molecule has 3 aromatic rings. The summed E-state index contributed by atoms with van der Waals surface area (Å²) >= 11 is 5.34. The third-order valence-electron chi connectivity index (χ3n) is 4.66. The van der Waals surface area contributed by atoms with Gasteiger partial charge in [-0.1, -0.05) is 30.3 Å². The molecular formula is C20H22N4O2S. The number of nitrogens with one attached hydrogen (secondary N) is 1. The Kier molecular flexibility index (Phi) is 5.71. The number of carbonyl (C=O) groups excluding carboxylic acids is 1. The number of likely N-dealkylation sites (N-methyl/N-ethyl adjacent to an activating group) is 1. The molecule has 1 aromatic heterocycles. The summed E-state index contributed by atoms with van der Waals surface area (Å²) in [4.78, 5) is 14.6. The molecule has 0 spiro atoms. The molecule has 1 N–H and O–H groups in total. The minimum Gasteiger partial charge on any atom is -0.497 e. The normalized spacial score (nSPS) is 11.8. The third kappa shape index (κ3) is 4.09. The van der Waals surface area contributed by atoms with E-state index in [-0.39, 0.29) is 18.5 Å². The monoisotopic (exact) mass is 382 g/mol. The molecule has 27 heavy (non-hydrogen) atoms. The summed E-state index contributed by atoms with van der Waals surface area (Å²) in [5, 5.41) is 7.07. The quantitative estimate of drug-likeness (QED) is 0.658.